The molecule has 2 heterocycles. The van der Waals surface area contributed by atoms with Crippen molar-refractivity contribution in [3.63, 3.8) is 0 Å². The molecule has 0 aliphatic carbocycles. The fourth-order valence-electron chi connectivity index (χ4n) is 2.34. The highest BCUT2D eigenvalue weighted by molar-refractivity contribution is 7.10. The van der Waals surface area contributed by atoms with Crippen LogP contribution in [0.3, 0.4) is 0 Å². The van der Waals surface area contributed by atoms with E-state index in [1.807, 2.05) is 4.90 Å². The first-order chi connectivity index (χ1) is 8.27. The lowest BCUT2D eigenvalue weighted by molar-refractivity contribution is 0.169. The van der Waals surface area contributed by atoms with Gasteiger partial charge in [0, 0.05) is 18.0 Å². The second-order valence-electron chi connectivity index (χ2n) is 4.14. The monoisotopic (exact) mass is 250 g/mol. The van der Waals surface area contributed by atoms with Gasteiger partial charge in [0.2, 0.25) is 0 Å². The second kappa shape index (κ2) is 5.36. The molecule has 2 amide bonds. The van der Waals surface area contributed by atoms with Gasteiger partial charge in [0.15, 0.2) is 0 Å². The van der Waals surface area contributed by atoms with E-state index in [0.717, 1.165) is 19.4 Å². The molecule has 1 aromatic heterocycles. The van der Waals surface area contributed by atoms with Crippen LogP contribution >= 0.6 is 11.3 Å². The minimum atomic E-state index is 0.0219. The highest BCUT2D eigenvalue weighted by Crippen LogP contribution is 2.34. The SMILES string of the molecule is C=CCNC(=O)N1CCc2sccc2C1CC. The molecule has 92 valence electrons. The molecular formula is C13H18N2OS. The number of nitrogens with zero attached hydrogens (tertiary/aromatic N) is 1. The molecule has 1 atom stereocenters. The van der Waals surface area contributed by atoms with E-state index in [-0.39, 0.29) is 12.1 Å². The molecule has 1 unspecified atom stereocenters. The van der Waals surface area contributed by atoms with Crippen LogP contribution in [0.4, 0.5) is 4.79 Å². The molecule has 1 aliphatic rings. The van der Waals surface area contributed by atoms with E-state index in [0.29, 0.717) is 6.54 Å². The zero-order valence-corrected chi connectivity index (χ0v) is 10.9. The van der Waals surface area contributed by atoms with Gasteiger partial charge in [-0.3, -0.25) is 0 Å². The quantitative estimate of drug-likeness (QED) is 0.822. The summed E-state index contributed by atoms with van der Waals surface area (Å²) in [4.78, 5) is 15.4. The van der Waals surface area contributed by atoms with E-state index in [9.17, 15) is 4.79 Å². The van der Waals surface area contributed by atoms with Gasteiger partial charge in [0.1, 0.15) is 0 Å². The number of carbonyl (C=O) groups is 1. The van der Waals surface area contributed by atoms with Crippen molar-refractivity contribution in [3.05, 3.63) is 34.5 Å². The predicted octanol–water partition coefficient (Wildman–Crippen LogP) is 2.95. The van der Waals surface area contributed by atoms with Gasteiger partial charge in [-0.2, -0.15) is 0 Å². The van der Waals surface area contributed by atoms with Gasteiger partial charge in [-0.1, -0.05) is 13.0 Å². The number of hydrogen-bond donors (Lipinski definition) is 1. The number of urea groups is 1. The molecule has 4 heteroatoms. The van der Waals surface area contributed by atoms with Gasteiger partial charge in [-0.05, 0) is 29.9 Å². The van der Waals surface area contributed by atoms with Crippen molar-refractivity contribution < 1.29 is 4.79 Å². The third-order valence-corrected chi connectivity index (χ3v) is 4.14. The number of thiophene rings is 1. The topological polar surface area (TPSA) is 32.3 Å². The first kappa shape index (κ1) is 12.2. The Kier molecular flexibility index (Phi) is 3.84. The van der Waals surface area contributed by atoms with Crippen molar-refractivity contribution in [2.45, 2.75) is 25.8 Å². The Morgan fingerprint density at radius 1 is 1.76 bits per heavy atom. The van der Waals surface area contributed by atoms with Gasteiger partial charge < -0.3 is 10.2 Å². The Labute approximate surface area is 106 Å². The van der Waals surface area contributed by atoms with E-state index in [4.69, 9.17) is 0 Å². The molecule has 0 spiro atoms. The van der Waals surface area contributed by atoms with Crippen LogP contribution in [-0.2, 0) is 6.42 Å². The van der Waals surface area contributed by atoms with Gasteiger partial charge in [0.25, 0.3) is 0 Å². The van der Waals surface area contributed by atoms with Crippen LogP contribution in [0.15, 0.2) is 24.1 Å². The average Bonchev–Trinajstić information content (AvgIpc) is 2.82. The van der Waals surface area contributed by atoms with Crippen molar-refractivity contribution in [2.75, 3.05) is 13.1 Å². The van der Waals surface area contributed by atoms with Crippen molar-refractivity contribution in [1.82, 2.24) is 10.2 Å². The zero-order chi connectivity index (χ0) is 12.3. The van der Waals surface area contributed by atoms with Crippen LogP contribution in [0.2, 0.25) is 0 Å². The third-order valence-electron chi connectivity index (χ3n) is 3.14. The van der Waals surface area contributed by atoms with Crippen LogP contribution in [0, 0.1) is 0 Å². The van der Waals surface area contributed by atoms with E-state index in [1.54, 1.807) is 17.4 Å². The Morgan fingerprint density at radius 3 is 3.29 bits per heavy atom. The Balaban J connectivity index is 2.14. The molecule has 0 bridgehead atoms. The summed E-state index contributed by atoms with van der Waals surface area (Å²) in [7, 11) is 0. The van der Waals surface area contributed by atoms with Crippen molar-refractivity contribution >= 4 is 17.4 Å². The molecule has 17 heavy (non-hydrogen) atoms. The van der Waals surface area contributed by atoms with Crippen LogP contribution < -0.4 is 5.32 Å². The van der Waals surface area contributed by atoms with Gasteiger partial charge in [-0.15, -0.1) is 17.9 Å². The maximum absolute atomic E-state index is 12.0. The maximum atomic E-state index is 12.0. The predicted molar refractivity (Wildman–Crippen MR) is 71.4 cm³/mol. The summed E-state index contributed by atoms with van der Waals surface area (Å²) in [5, 5.41) is 4.99. The fourth-order valence-corrected chi connectivity index (χ4v) is 3.27. The standard InChI is InChI=1S/C13H18N2OS/c1-3-7-14-13(16)15-8-5-12-10(6-9-17-12)11(15)4-2/h3,6,9,11H,1,4-5,7-8H2,2H3,(H,14,16). The average molecular weight is 250 g/mol. The minimum Gasteiger partial charge on any atom is -0.335 e. The molecule has 1 aromatic rings. The van der Waals surface area contributed by atoms with Gasteiger partial charge in [0.05, 0.1) is 6.04 Å². The molecule has 1 N–H and O–H groups in total. The summed E-state index contributed by atoms with van der Waals surface area (Å²) in [6.07, 6.45) is 3.65. The molecular weight excluding hydrogens is 232 g/mol. The molecule has 0 radical (unpaired) electrons. The minimum absolute atomic E-state index is 0.0219. The van der Waals surface area contributed by atoms with E-state index < -0.39 is 0 Å². The number of carbonyl (C=O) groups excluding carboxylic acids is 1. The fraction of sp³-hybridized carbons (Fsp3) is 0.462. The highest BCUT2D eigenvalue weighted by Gasteiger charge is 2.29. The largest absolute Gasteiger partial charge is 0.335 e. The summed E-state index contributed by atoms with van der Waals surface area (Å²) < 4.78 is 0. The van der Waals surface area contributed by atoms with Crippen LogP contribution in [0.1, 0.15) is 29.8 Å². The summed E-state index contributed by atoms with van der Waals surface area (Å²) in [6.45, 7) is 7.09. The van der Waals surface area contributed by atoms with Gasteiger partial charge >= 0.3 is 6.03 Å². The van der Waals surface area contributed by atoms with Gasteiger partial charge in [-0.25, -0.2) is 4.79 Å². The molecule has 0 saturated heterocycles. The molecule has 1 aliphatic heterocycles. The lowest BCUT2D eigenvalue weighted by Gasteiger charge is -2.35. The van der Waals surface area contributed by atoms with Crippen LogP contribution in [-0.4, -0.2) is 24.0 Å². The molecule has 3 nitrogen and oxygen atoms in total. The Hall–Kier alpha value is -1.29. The van der Waals surface area contributed by atoms with Crippen molar-refractivity contribution in [3.8, 4) is 0 Å². The summed E-state index contributed by atoms with van der Waals surface area (Å²) in [6, 6.07) is 2.41. The number of hydrogen-bond acceptors (Lipinski definition) is 2. The Bertz CT molecular complexity index is 413. The summed E-state index contributed by atoms with van der Waals surface area (Å²) in [5.74, 6) is 0. The Morgan fingerprint density at radius 2 is 2.59 bits per heavy atom. The van der Waals surface area contributed by atoms with Crippen LogP contribution in [0.25, 0.3) is 0 Å². The maximum Gasteiger partial charge on any atom is 0.318 e. The van der Waals surface area contributed by atoms with Crippen molar-refractivity contribution in [2.24, 2.45) is 0 Å². The molecule has 0 aromatic carbocycles. The first-order valence-corrected chi connectivity index (χ1v) is 6.87. The normalized spacial score (nSPS) is 18.6. The lowest BCUT2D eigenvalue weighted by Crippen LogP contribution is -2.45. The highest BCUT2D eigenvalue weighted by atomic mass is 32.1. The van der Waals surface area contributed by atoms with E-state index >= 15 is 0 Å². The number of amides is 2. The van der Waals surface area contributed by atoms with Crippen LogP contribution in [0.5, 0.6) is 0 Å². The summed E-state index contributed by atoms with van der Waals surface area (Å²) >= 11 is 1.80. The lowest BCUT2D eigenvalue weighted by atomic mass is 9.98. The third kappa shape index (κ3) is 2.36. The molecule has 2 rings (SSSR count). The van der Waals surface area contributed by atoms with E-state index in [2.05, 4.69) is 30.3 Å². The van der Waals surface area contributed by atoms with E-state index in [1.165, 1.54) is 10.4 Å². The second-order valence-corrected chi connectivity index (χ2v) is 5.14. The van der Waals surface area contributed by atoms with Crippen molar-refractivity contribution in [1.29, 1.82) is 0 Å². The molecule has 0 saturated carbocycles. The smallest absolute Gasteiger partial charge is 0.318 e. The summed E-state index contributed by atoms with van der Waals surface area (Å²) in [5.41, 5.74) is 1.33. The first-order valence-electron chi connectivity index (χ1n) is 5.99. The zero-order valence-electron chi connectivity index (χ0n) is 10.1. The molecule has 0 fully saturated rings. The number of rotatable bonds is 3. The number of nitrogens with one attached hydrogen (secondary N) is 1. The number of fused-ring (bicyclic) bond motifs is 1.